The van der Waals surface area contributed by atoms with Crippen LogP contribution in [0.4, 0.5) is 0 Å². The molecule has 1 aliphatic rings. The van der Waals surface area contributed by atoms with Gasteiger partial charge < -0.3 is 9.84 Å². The van der Waals surface area contributed by atoms with Gasteiger partial charge in [0.1, 0.15) is 27.0 Å². The van der Waals surface area contributed by atoms with Crippen LogP contribution in [-0.4, -0.2) is 26.5 Å². The first-order chi connectivity index (χ1) is 11.2. The smallest absolute Gasteiger partial charge is 0.133 e. The predicted octanol–water partition coefficient (Wildman–Crippen LogP) is 3.39. The van der Waals surface area contributed by atoms with E-state index < -0.39 is 11.2 Å². The van der Waals surface area contributed by atoms with E-state index >= 15 is 0 Å². The van der Waals surface area contributed by atoms with Crippen molar-refractivity contribution in [1.82, 2.24) is 10.2 Å². The van der Waals surface area contributed by atoms with E-state index in [1.54, 1.807) is 31.2 Å². The number of thioether (sulfide) groups is 1. The van der Waals surface area contributed by atoms with E-state index in [1.807, 2.05) is 19.9 Å². The van der Waals surface area contributed by atoms with E-state index in [2.05, 4.69) is 28.9 Å². The molecule has 1 aromatic carbocycles. The van der Waals surface area contributed by atoms with Crippen LogP contribution in [0, 0.1) is 11.3 Å². The Morgan fingerprint density at radius 3 is 2.62 bits per heavy atom. The summed E-state index contributed by atoms with van der Waals surface area (Å²) >= 11 is 5.54. The van der Waals surface area contributed by atoms with Crippen LogP contribution in [0.1, 0.15) is 37.1 Å². The number of hydrogen-bond donors (Lipinski definition) is 2. The predicted molar refractivity (Wildman–Crippen MR) is 94.4 cm³/mol. The SMILES string of the molecule is CC1(C)Oc2ccc(C#N)cc2C(Sc2ccc(S)nn2)C1(C)O. The molecule has 1 aliphatic heterocycles. The molecule has 0 saturated carbocycles. The first-order valence-electron chi connectivity index (χ1n) is 7.39. The molecule has 24 heavy (non-hydrogen) atoms. The molecule has 5 nitrogen and oxygen atoms in total. The summed E-state index contributed by atoms with van der Waals surface area (Å²) in [4.78, 5) is 0. The fourth-order valence-electron chi connectivity index (χ4n) is 2.59. The first-order valence-corrected chi connectivity index (χ1v) is 8.72. The highest BCUT2D eigenvalue weighted by Crippen LogP contribution is 2.54. The Labute approximate surface area is 150 Å². The highest BCUT2D eigenvalue weighted by atomic mass is 32.2. The van der Waals surface area contributed by atoms with Gasteiger partial charge in [-0.2, -0.15) is 5.26 Å². The van der Waals surface area contributed by atoms with Gasteiger partial charge in [-0.1, -0.05) is 11.8 Å². The van der Waals surface area contributed by atoms with Crippen molar-refractivity contribution in [2.45, 2.75) is 47.3 Å². The Morgan fingerprint density at radius 2 is 2.00 bits per heavy atom. The summed E-state index contributed by atoms with van der Waals surface area (Å²) in [6.45, 7) is 5.45. The lowest BCUT2D eigenvalue weighted by Crippen LogP contribution is -2.57. The normalized spacial score (nSPS) is 24.6. The lowest BCUT2D eigenvalue weighted by atomic mass is 9.79. The van der Waals surface area contributed by atoms with Gasteiger partial charge >= 0.3 is 0 Å². The summed E-state index contributed by atoms with van der Waals surface area (Å²) in [6, 6.07) is 11.0. The van der Waals surface area contributed by atoms with Gasteiger partial charge in [0.25, 0.3) is 0 Å². The lowest BCUT2D eigenvalue weighted by Gasteiger charge is -2.49. The van der Waals surface area contributed by atoms with E-state index in [0.29, 0.717) is 21.4 Å². The van der Waals surface area contributed by atoms with Crippen molar-refractivity contribution in [2.24, 2.45) is 0 Å². The molecule has 1 N–H and O–H groups in total. The Balaban J connectivity index is 2.10. The molecular weight excluding hydrogens is 342 g/mol. The Morgan fingerprint density at radius 1 is 1.25 bits per heavy atom. The van der Waals surface area contributed by atoms with Gasteiger partial charge in [0, 0.05) is 5.56 Å². The molecule has 0 aliphatic carbocycles. The number of ether oxygens (including phenoxy) is 1. The molecule has 2 atom stereocenters. The van der Waals surface area contributed by atoms with E-state index in [0.717, 1.165) is 5.56 Å². The largest absolute Gasteiger partial charge is 0.484 e. The Hall–Kier alpha value is -1.75. The molecule has 0 amide bonds. The average molecular weight is 359 g/mol. The maximum Gasteiger partial charge on any atom is 0.133 e. The van der Waals surface area contributed by atoms with Crippen molar-refractivity contribution in [3.05, 3.63) is 41.5 Å². The molecule has 124 valence electrons. The molecule has 0 spiro atoms. The molecule has 1 aromatic heterocycles. The van der Waals surface area contributed by atoms with Crippen molar-refractivity contribution >= 4 is 24.4 Å². The summed E-state index contributed by atoms with van der Waals surface area (Å²) < 4.78 is 6.00. The maximum absolute atomic E-state index is 11.2. The van der Waals surface area contributed by atoms with E-state index in [9.17, 15) is 10.4 Å². The van der Waals surface area contributed by atoms with Crippen LogP contribution in [0.25, 0.3) is 0 Å². The Kier molecular flexibility index (Phi) is 4.24. The third-order valence-electron chi connectivity index (χ3n) is 4.38. The van der Waals surface area contributed by atoms with Gasteiger partial charge in [-0.25, -0.2) is 0 Å². The van der Waals surface area contributed by atoms with Crippen molar-refractivity contribution in [3.63, 3.8) is 0 Å². The zero-order valence-electron chi connectivity index (χ0n) is 13.5. The van der Waals surface area contributed by atoms with E-state index in [1.165, 1.54) is 11.8 Å². The van der Waals surface area contributed by atoms with Crippen molar-refractivity contribution in [2.75, 3.05) is 0 Å². The number of rotatable bonds is 2. The van der Waals surface area contributed by atoms with Gasteiger partial charge in [0.15, 0.2) is 0 Å². The van der Waals surface area contributed by atoms with Crippen LogP contribution in [0.3, 0.4) is 0 Å². The van der Waals surface area contributed by atoms with Gasteiger partial charge in [0.05, 0.1) is 16.9 Å². The lowest BCUT2D eigenvalue weighted by molar-refractivity contribution is -0.117. The summed E-state index contributed by atoms with van der Waals surface area (Å²) in [6.07, 6.45) is 0. The number of nitriles is 1. The quantitative estimate of drug-likeness (QED) is 0.800. The van der Waals surface area contributed by atoms with Gasteiger partial charge in [0.2, 0.25) is 0 Å². The molecular formula is C17H17N3O2S2. The molecule has 0 fully saturated rings. The number of fused-ring (bicyclic) bond motifs is 1. The van der Waals surface area contributed by atoms with Crippen molar-refractivity contribution < 1.29 is 9.84 Å². The molecule has 2 aromatic rings. The van der Waals surface area contributed by atoms with Crippen LogP contribution in [0.15, 0.2) is 40.4 Å². The van der Waals surface area contributed by atoms with Gasteiger partial charge in [-0.3, -0.25) is 0 Å². The second kappa shape index (κ2) is 5.96. The molecule has 0 saturated heterocycles. The van der Waals surface area contributed by atoms with Gasteiger partial charge in [-0.15, -0.1) is 22.8 Å². The summed E-state index contributed by atoms with van der Waals surface area (Å²) in [5, 5.41) is 29.3. The van der Waals surface area contributed by atoms with Crippen LogP contribution < -0.4 is 4.74 Å². The minimum atomic E-state index is -1.18. The highest BCUT2D eigenvalue weighted by molar-refractivity contribution is 7.99. The molecule has 2 heterocycles. The van der Waals surface area contributed by atoms with Gasteiger partial charge in [-0.05, 0) is 51.1 Å². The highest BCUT2D eigenvalue weighted by Gasteiger charge is 2.53. The standard InChI is InChI=1S/C17H17N3O2S2/c1-16(2)17(3,21)15(24-14-7-6-13(23)19-20-14)11-8-10(9-18)4-5-12(11)22-16/h4-8,15,21H,1-3H3,(H,19,23). The third-order valence-corrected chi connectivity index (χ3v) is 6.03. The number of aromatic nitrogens is 2. The molecule has 0 radical (unpaired) electrons. The van der Waals surface area contributed by atoms with Crippen LogP contribution in [0.2, 0.25) is 0 Å². The van der Waals surface area contributed by atoms with Crippen LogP contribution in [-0.2, 0) is 0 Å². The number of hydrogen-bond acceptors (Lipinski definition) is 7. The summed E-state index contributed by atoms with van der Waals surface area (Å²) in [7, 11) is 0. The summed E-state index contributed by atoms with van der Waals surface area (Å²) in [5.74, 6) is 0.668. The number of aliphatic hydroxyl groups is 1. The fraction of sp³-hybridized carbons (Fsp3) is 0.353. The van der Waals surface area contributed by atoms with Crippen molar-refractivity contribution in [1.29, 1.82) is 5.26 Å². The maximum atomic E-state index is 11.2. The van der Waals surface area contributed by atoms with Crippen LogP contribution >= 0.6 is 24.4 Å². The molecule has 3 rings (SSSR count). The zero-order valence-corrected chi connectivity index (χ0v) is 15.2. The van der Waals surface area contributed by atoms with E-state index in [-0.39, 0.29) is 5.25 Å². The third kappa shape index (κ3) is 2.86. The number of thiol groups is 1. The zero-order chi connectivity index (χ0) is 17.5. The first kappa shape index (κ1) is 17.1. The molecule has 2 unspecified atom stereocenters. The molecule has 0 bridgehead atoms. The Bertz CT molecular complexity index is 814. The van der Waals surface area contributed by atoms with Crippen molar-refractivity contribution in [3.8, 4) is 11.8 Å². The van der Waals surface area contributed by atoms with E-state index in [4.69, 9.17) is 4.74 Å². The second-order valence-corrected chi connectivity index (χ2v) is 7.94. The fourth-order valence-corrected chi connectivity index (χ4v) is 4.01. The summed E-state index contributed by atoms with van der Waals surface area (Å²) in [5.41, 5.74) is -0.682. The van der Waals surface area contributed by atoms with Crippen LogP contribution in [0.5, 0.6) is 5.75 Å². The monoisotopic (exact) mass is 359 g/mol. The second-order valence-electron chi connectivity index (χ2n) is 6.35. The number of benzene rings is 1. The topological polar surface area (TPSA) is 79.0 Å². The average Bonchev–Trinajstić information content (AvgIpc) is 2.53. The number of nitrogens with zero attached hydrogens (tertiary/aromatic N) is 3. The minimum absolute atomic E-state index is 0.357. The molecule has 7 heteroatoms. The minimum Gasteiger partial charge on any atom is -0.484 e.